The second-order valence-electron chi connectivity index (χ2n) is 3.03. The number of benzene rings is 1. The number of hydrogen-bond donors (Lipinski definition) is 2. The van der Waals surface area contributed by atoms with Crippen LogP contribution in [0.25, 0.3) is 6.08 Å². The maximum absolute atomic E-state index is 11.9. The molecule has 17 heavy (non-hydrogen) atoms. The third-order valence-corrected chi connectivity index (χ3v) is 1.66. The molecule has 92 valence electrons. The molecule has 0 aliphatic rings. The van der Waals surface area contributed by atoms with Gasteiger partial charge in [0.1, 0.15) is 11.4 Å². The van der Waals surface area contributed by atoms with Crippen molar-refractivity contribution < 1.29 is 27.8 Å². The molecular weight excluding hydrogens is 239 g/mol. The van der Waals surface area contributed by atoms with E-state index in [1.54, 1.807) is 0 Å². The van der Waals surface area contributed by atoms with Gasteiger partial charge in [-0.05, 0) is 23.8 Å². The summed E-state index contributed by atoms with van der Waals surface area (Å²) in [7, 11) is 0. The molecular formula is C10H8F3NO3. The summed E-state index contributed by atoms with van der Waals surface area (Å²) in [4.78, 5) is 10.4. The molecule has 0 radical (unpaired) electrons. The van der Waals surface area contributed by atoms with Gasteiger partial charge < -0.3 is 15.6 Å². The van der Waals surface area contributed by atoms with Crippen molar-refractivity contribution in [3.05, 3.63) is 35.5 Å². The van der Waals surface area contributed by atoms with Crippen LogP contribution in [0.3, 0.4) is 0 Å². The quantitative estimate of drug-likeness (QED) is 0.801. The van der Waals surface area contributed by atoms with E-state index in [-0.39, 0.29) is 5.56 Å². The van der Waals surface area contributed by atoms with E-state index in [4.69, 9.17) is 10.8 Å². The highest BCUT2D eigenvalue weighted by Gasteiger charge is 2.31. The Morgan fingerprint density at radius 1 is 1.41 bits per heavy atom. The standard InChI is InChI=1S/C10H8F3NO3/c11-10(12,13)17-7-3-1-2-6(4-7)5-8(14)9(15)16/h1-5H,14H2,(H,15,16)/b8-5+. The van der Waals surface area contributed by atoms with Crippen LogP contribution in [0.5, 0.6) is 5.75 Å². The number of carboxylic acid groups (broad SMARTS) is 1. The van der Waals surface area contributed by atoms with Crippen LogP contribution < -0.4 is 10.5 Å². The van der Waals surface area contributed by atoms with Gasteiger partial charge in [0.15, 0.2) is 0 Å². The summed E-state index contributed by atoms with van der Waals surface area (Å²) in [5.74, 6) is -1.79. The second kappa shape index (κ2) is 4.77. The fourth-order valence-corrected chi connectivity index (χ4v) is 1.04. The van der Waals surface area contributed by atoms with Crippen molar-refractivity contribution >= 4 is 12.0 Å². The number of carbonyl (C=O) groups is 1. The Morgan fingerprint density at radius 2 is 2.06 bits per heavy atom. The van der Waals surface area contributed by atoms with Gasteiger partial charge in [-0.15, -0.1) is 13.2 Å². The number of aliphatic carboxylic acids is 1. The molecule has 0 fully saturated rings. The van der Waals surface area contributed by atoms with E-state index in [1.807, 2.05) is 0 Å². The first-order chi connectivity index (χ1) is 7.78. The van der Waals surface area contributed by atoms with Crippen molar-refractivity contribution in [2.45, 2.75) is 6.36 Å². The predicted molar refractivity (Wildman–Crippen MR) is 52.9 cm³/mol. The van der Waals surface area contributed by atoms with Crippen LogP contribution >= 0.6 is 0 Å². The van der Waals surface area contributed by atoms with Crippen molar-refractivity contribution in [3.8, 4) is 5.75 Å². The molecule has 0 saturated carbocycles. The molecule has 0 bridgehead atoms. The van der Waals surface area contributed by atoms with Crippen LogP contribution in [-0.2, 0) is 4.79 Å². The zero-order chi connectivity index (χ0) is 13.1. The number of halogens is 3. The Hall–Kier alpha value is -2.18. The van der Waals surface area contributed by atoms with Gasteiger partial charge >= 0.3 is 12.3 Å². The molecule has 0 spiro atoms. The maximum Gasteiger partial charge on any atom is 0.573 e. The van der Waals surface area contributed by atoms with E-state index in [0.29, 0.717) is 0 Å². The molecule has 1 aromatic carbocycles. The van der Waals surface area contributed by atoms with Crippen LogP contribution in [0.4, 0.5) is 13.2 Å². The molecule has 1 aromatic rings. The summed E-state index contributed by atoms with van der Waals surface area (Å²) >= 11 is 0. The van der Waals surface area contributed by atoms with Gasteiger partial charge in [-0.2, -0.15) is 0 Å². The first-order valence-electron chi connectivity index (χ1n) is 4.34. The molecule has 3 N–H and O–H groups in total. The molecule has 0 saturated heterocycles. The van der Waals surface area contributed by atoms with Crippen LogP contribution in [0.2, 0.25) is 0 Å². The summed E-state index contributed by atoms with van der Waals surface area (Å²) in [6.45, 7) is 0. The Balaban J connectivity index is 2.94. The largest absolute Gasteiger partial charge is 0.573 e. The fraction of sp³-hybridized carbons (Fsp3) is 0.100. The van der Waals surface area contributed by atoms with Gasteiger partial charge in [0.05, 0.1) is 0 Å². The first kappa shape index (κ1) is 12.9. The van der Waals surface area contributed by atoms with Gasteiger partial charge in [0.2, 0.25) is 0 Å². The van der Waals surface area contributed by atoms with Gasteiger partial charge in [-0.1, -0.05) is 12.1 Å². The van der Waals surface area contributed by atoms with Crippen molar-refractivity contribution in [2.24, 2.45) is 5.73 Å². The molecule has 0 aliphatic carbocycles. The normalized spacial score (nSPS) is 12.3. The lowest BCUT2D eigenvalue weighted by atomic mass is 10.2. The number of alkyl halides is 3. The van der Waals surface area contributed by atoms with E-state index < -0.39 is 23.8 Å². The number of rotatable bonds is 3. The van der Waals surface area contributed by atoms with Crippen LogP contribution in [0.15, 0.2) is 30.0 Å². The molecule has 0 unspecified atom stereocenters. The average molecular weight is 247 g/mol. The molecule has 0 aliphatic heterocycles. The van der Waals surface area contributed by atoms with Gasteiger partial charge in [-0.3, -0.25) is 0 Å². The summed E-state index contributed by atoms with van der Waals surface area (Å²) in [5.41, 5.74) is 4.85. The summed E-state index contributed by atoms with van der Waals surface area (Å²) < 4.78 is 39.4. The van der Waals surface area contributed by atoms with E-state index in [0.717, 1.165) is 18.2 Å². The number of ether oxygens (including phenoxy) is 1. The molecule has 0 atom stereocenters. The number of nitrogens with two attached hydrogens (primary N) is 1. The molecule has 4 nitrogen and oxygen atoms in total. The van der Waals surface area contributed by atoms with Crippen molar-refractivity contribution in [2.75, 3.05) is 0 Å². The molecule has 0 amide bonds. The zero-order valence-corrected chi connectivity index (χ0v) is 8.36. The third kappa shape index (κ3) is 4.45. The Morgan fingerprint density at radius 3 is 2.59 bits per heavy atom. The van der Waals surface area contributed by atoms with Gasteiger partial charge in [-0.25, -0.2) is 4.79 Å². The lowest BCUT2D eigenvalue weighted by Gasteiger charge is -2.08. The Labute approximate surface area is 94.1 Å². The molecule has 0 heterocycles. The smallest absolute Gasteiger partial charge is 0.477 e. The highest BCUT2D eigenvalue weighted by molar-refractivity contribution is 5.91. The highest BCUT2D eigenvalue weighted by Crippen LogP contribution is 2.23. The maximum atomic E-state index is 11.9. The minimum Gasteiger partial charge on any atom is -0.477 e. The van der Waals surface area contributed by atoms with Crippen molar-refractivity contribution in [1.82, 2.24) is 0 Å². The summed E-state index contributed by atoms with van der Waals surface area (Å²) in [6.07, 6.45) is -3.76. The summed E-state index contributed by atoms with van der Waals surface area (Å²) in [5, 5.41) is 8.49. The highest BCUT2D eigenvalue weighted by atomic mass is 19.4. The van der Waals surface area contributed by atoms with E-state index >= 15 is 0 Å². The van der Waals surface area contributed by atoms with Crippen LogP contribution in [0.1, 0.15) is 5.56 Å². The second-order valence-corrected chi connectivity index (χ2v) is 3.03. The predicted octanol–water partition coefficient (Wildman–Crippen LogP) is 1.97. The van der Waals surface area contributed by atoms with Crippen molar-refractivity contribution in [3.63, 3.8) is 0 Å². The molecule has 7 heteroatoms. The van der Waals surface area contributed by atoms with Crippen LogP contribution in [0, 0.1) is 0 Å². The van der Waals surface area contributed by atoms with Crippen molar-refractivity contribution in [1.29, 1.82) is 0 Å². The summed E-state index contributed by atoms with van der Waals surface area (Å²) in [6, 6.07) is 4.83. The number of carboxylic acids is 1. The Bertz CT molecular complexity index is 454. The third-order valence-electron chi connectivity index (χ3n) is 1.66. The minimum absolute atomic E-state index is 0.201. The minimum atomic E-state index is -4.79. The Kier molecular flexibility index (Phi) is 3.62. The molecule has 1 rings (SSSR count). The lowest BCUT2D eigenvalue weighted by Crippen LogP contribution is -2.17. The first-order valence-corrected chi connectivity index (χ1v) is 4.34. The van der Waals surface area contributed by atoms with E-state index in [9.17, 15) is 18.0 Å². The van der Waals surface area contributed by atoms with Crippen LogP contribution in [-0.4, -0.2) is 17.4 Å². The molecule has 0 aromatic heterocycles. The van der Waals surface area contributed by atoms with E-state index in [1.165, 1.54) is 12.1 Å². The average Bonchev–Trinajstić information content (AvgIpc) is 2.15. The lowest BCUT2D eigenvalue weighted by molar-refractivity contribution is -0.274. The number of hydrogen-bond acceptors (Lipinski definition) is 3. The van der Waals surface area contributed by atoms with Gasteiger partial charge in [0.25, 0.3) is 0 Å². The zero-order valence-electron chi connectivity index (χ0n) is 8.36. The monoisotopic (exact) mass is 247 g/mol. The van der Waals surface area contributed by atoms with E-state index in [2.05, 4.69) is 4.74 Å². The SMILES string of the molecule is N/C(=C/c1cccc(OC(F)(F)F)c1)C(=O)O. The van der Waals surface area contributed by atoms with Gasteiger partial charge in [0, 0.05) is 0 Å². The topological polar surface area (TPSA) is 72.5 Å². The fourth-order valence-electron chi connectivity index (χ4n) is 1.04.